The molecule has 0 unspecified atom stereocenters. The largest absolute Gasteiger partial charge is 0.507 e. The van der Waals surface area contributed by atoms with Crippen LogP contribution in [0.2, 0.25) is 0 Å². The van der Waals surface area contributed by atoms with Gasteiger partial charge in [-0.05, 0) is 45.6 Å². The third kappa shape index (κ3) is 4.38. The number of aryl methyl sites for hydroxylation is 2. The number of carbonyl (C=O) groups excluding carboxylic acids is 3. The van der Waals surface area contributed by atoms with Crippen molar-refractivity contribution in [3.05, 3.63) is 64.2 Å². The summed E-state index contributed by atoms with van der Waals surface area (Å²) in [5.74, 6) is -1.76. The Kier molecular flexibility index (Phi) is 6.69. The molecule has 1 fully saturated rings. The number of aliphatic hydroxyl groups is 1. The van der Waals surface area contributed by atoms with Crippen LogP contribution in [-0.4, -0.2) is 76.8 Å². The highest BCUT2D eigenvalue weighted by Gasteiger charge is 2.46. The number of likely N-dealkylation sites (N-methyl/N-ethyl adjacent to an activating group) is 1. The molecule has 1 aromatic heterocycles. The molecule has 1 aliphatic heterocycles. The molecule has 2 heterocycles. The predicted molar refractivity (Wildman–Crippen MR) is 117 cm³/mol. The maximum Gasteiger partial charge on any atom is 0.337 e. The van der Waals surface area contributed by atoms with Crippen LogP contribution >= 0.6 is 0 Å². The van der Waals surface area contributed by atoms with Gasteiger partial charge >= 0.3 is 5.97 Å². The van der Waals surface area contributed by atoms with E-state index < -0.39 is 23.7 Å². The lowest BCUT2D eigenvalue weighted by atomic mass is 9.94. The van der Waals surface area contributed by atoms with E-state index in [2.05, 4.69) is 9.97 Å². The summed E-state index contributed by atoms with van der Waals surface area (Å²) in [4.78, 5) is 49.4. The van der Waals surface area contributed by atoms with Gasteiger partial charge < -0.3 is 19.6 Å². The summed E-state index contributed by atoms with van der Waals surface area (Å²) in [6, 6.07) is 5.61. The van der Waals surface area contributed by atoms with Gasteiger partial charge in [0, 0.05) is 19.3 Å². The van der Waals surface area contributed by atoms with Gasteiger partial charge in [-0.25, -0.2) is 14.8 Å². The van der Waals surface area contributed by atoms with Crippen molar-refractivity contribution < 1.29 is 24.2 Å². The van der Waals surface area contributed by atoms with E-state index in [-0.39, 0.29) is 23.4 Å². The molecular weight excluding hydrogens is 412 g/mol. The zero-order chi connectivity index (χ0) is 23.6. The minimum absolute atomic E-state index is 0.0323. The van der Waals surface area contributed by atoms with Gasteiger partial charge in [0.1, 0.15) is 11.6 Å². The number of aliphatic hydroxyl groups excluding tert-OH is 1. The molecule has 1 atom stereocenters. The number of rotatable bonds is 6. The van der Waals surface area contributed by atoms with Gasteiger partial charge in [-0.15, -0.1) is 0 Å². The van der Waals surface area contributed by atoms with Gasteiger partial charge in [-0.1, -0.05) is 12.1 Å². The van der Waals surface area contributed by atoms with Crippen LogP contribution in [0.5, 0.6) is 0 Å². The summed E-state index contributed by atoms with van der Waals surface area (Å²) in [5, 5.41) is 11.1. The van der Waals surface area contributed by atoms with Gasteiger partial charge in [-0.3, -0.25) is 9.59 Å². The number of esters is 1. The van der Waals surface area contributed by atoms with E-state index in [9.17, 15) is 19.5 Å². The number of amides is 1. The molecule has 1 aliphatic rings. The zero-order valence-corrected chi connectivity index (χ0v) is 18.7. The Bertz CT molecular complexity index is 1090. The van der Waals surface area contributed by atoms with Crippen molar-refractivity contribution in [1.82, 2.24) is 19.8 Å². The number of Topliss-reactive ketones (excluding diaryl/α,β-unsaturated/α-hetero) is 1. The lowest BCUT2D eigenvalue weighted by molar-refractivity contribution is -0.140. The lowest BCUT2D eigenvalue weighted by Crippen LogP contribution is -2.35. The second-order valence-electron chi connectivity index (χ2n) is 7.83. The van der Waals surface area contributed by atoms with Crippen LogP contribution in [0.15, 0.2) is 36.0 Å². The molecule has 1 saturated heterocycles. The Balaban J connectivity index is 2.16. The molecular formula is C23H26N4O5. The number of benzene rings is 1. The van der Waals surface area contributed by atoms with Crippen molar-refractivity contribution in [3.63, 3.8) is 0 Å². The minimum atomic E-state index is -0.817. The SMILES string of the molecule is COC(=O)c1ccc([C@H]2C(=C(O)c3cnc(C)nc3C)C(=O)C(=O)N2CCN(C)C)cc1. The summed E-state index contributed by atoms with van der Waals surface area (Å²) in [5.41, 5.74) is 1.67. The van der Waals surface area contributed by atoms with Crippen LogP contribution in [0.3, 0.4) is 0 Å². The molecule has 0 bridgehead atoms. The quantitative estimate of drug-likeness (QED) is 0.315. The number of aromatic nitrogens is 2. The van der Waals surface area contributed by atoms with Crippen LogP contribution in [-0.2, 0) is 14.3 Å². The van der Waals surface area contributed by atoms with Crippen molar-refractivity contribution in [2.24, 2.45) is 0 Å². The molecule has 168 valence electrons. The summed E-state index contributed by atoms with van der Waals surface area (Å²) in [6.07, 6.45) is 1.44. The topological polar surface area (TPSA) is 113 Å². The molecule has 0 radical (unpaired) electrons. The normalized spacial score (nSPS) is 17.8. The second kappa shape index (κ2) is 9.27. The molecule has 9 heteroatoms. The van der Waals surface area contributed by atoms with E-state index in [1.54, 1.807) is 38.1 Å². The number of hydrogen-bond acceptors (Lipinski definition) is 8. The van der Waals surface area contributed by atoms with Gasteiger partial charge in [0.15, 0.2) is 0 Å². The van der Waals surface area contributed by atoms with E-state index in [0.717, 1.165) is 0 Å². The van der Waals surface area contributed by atoms with Crippen molar-refractivity contribution in [1.29, 1.82) is 0 Å². The fourth-order valence-corrected chi connectivity index (χ4v) is 3.65. The van der Waals surface area contributed by atoms with E-state index >= 15 is 0 Å². The highest BCUT2D eigenvalue weighted by molar-refractivity contribution is 6.46. The maximum atomic E-state index is 13.0. The molecule has 1 N–H and O–H groups in total. The van der Waals surface area contributed by atoms with Crippen LogP contribution in [0.1, 0.15) is 39.0 Å². The first-order valence-corrected chi connectivity index (χ1v) is 10.1. The molecule has 1 aromatic carbocycles. The monoisotopic (exact) mass is 438 g/mol. The third-order valence-corrected chi connectivity index (χ3v) is 5.33. The smallest absolute Gasteiger partial charge is 0.337 e. The van der Waals surface area contributed by atoms with Gasteiger partial charge in [0.25, 0.3) is 11.7 Å². The second-order valence-corrected chi connectivity index (χ2v) is 7.83. The highest BCUT2D eigenvalue weighted by atomic mass is 16.5. The van der Waals surface area contributed by atoms with Crippen molar-refractivity contribution >= 4 is 23.4 Å². The standard InChI is InChI=1S/C23H26N4O5/c1-13-17(12-24-14(2)25-13)20(28)18-19(15-6-8-16(9-7-15)23(31)32-5)27(11-10-26(3)4)22(30)21(18)29/h6-9,12,19,28H,10-11H2,1-5H3/t19-/m0/s1. The molecule has 2 aromatic rings. The average Bonchev–Trinajstić information content (AvgIpc) is 3.01. The Hall–Kier alpha value is -3.59. The van der Waals surface area contributed by atoms with Gasteiger partial charge in [-0.2, -0.15) is 0 Å². The molecule has 9 nitrogen and oxygen atoms in total. The molecule has 0 saturated carbocycles. The molecule has 3 rings (SSSR count). The van der Waals surface area contributed by atoms with E-state index in [1.165, 1.54) is 18.2 Å². The number of nitrogens with zero attached hydrogens (tertiary/aromatic N) is 4. The lowest BCUT2D eigenvalue weighted by Gasteiger charge is -2.26. The number of ether oxygens (including phenoxy) is 1. The fraction of sp³-hybridized carbons (Fsp3) is 0.348. The first-order chi connectivity index (χ1) is 15.1. The summed E-state index contributed by atoms with van der Waals surface area (Å²) in [7, 11) is 5.02. The summed E-state index contributed by atoms with van der Waals surface area (Å²) in [6.45, 7) is 4.23. The number of methoxy groups -OCH3 is 1. The first kappa shape index (κ1) is 23.1. The van der Waals surface area contributed by atoms with Gasteiger partial charge in [0.2, 0.25) is 0 Å². The molecule has 0 aliphatic carbocycles. The summed E-state index contributed by atoms with van der Waals surface area (Å²) >= 11 is 0. The van der Waals surface area contributed by atoms with E-state index in [0.29, 0.717) is 29.2 Å². The Morgan fingerprint density at radius 2 is 1.84 bits per heavy atom. The number of ketones is 1. The van der Waals surface area contributed by atoms with Crippen molar-refractivity contribution in [3.8, 4) is 0 Å². The minimum Gasteiger partial charge on any atom is -0.507 e. The average molecular weight is 438 g/mol. The van der Waals surface area contributed by atoms with Crippen LogP contribution in [0.4, 0.5) is 0 Å². The first-order valence-electron chi connectivity index (χ1n) is 10.1. The van der Waals surface area contributed by atoms with Crippen molar-refractivity contribution in [2.45, 2.75) is 19.9 Å². The Morgan fingerprint density at radius 1 is 1.19 bits per heavy atom. The Labute approximate surface area is 186 Å². The fourth-order valence-electron chi connectivity index (χ4n) is 3.65. The van der Waals surface area contributed by atoms with E-state index in [4.69, 9.17) is 4.74 Å². The predicted octanol–water partition coefficient (Wildman–Crippen LogP) is 1.86. The summed E-state index contributed by atoms with van der Waals surface area (Å²) < 4.78 is 4.74. The molecule has 32 heavy (non-hydrogen) atoms. The third-order valence-electron chi connectivity index (χ3n) is 5.33. The molecule has 0 spiro atoms. The number of hydrogen-bond donors (Lipinski definition) is 1. The number of likely N-dealkylation sites (tertiary alicyclic amines) is 1. The number of carbonyl (C=O) groups is 3. The van der Waals surface area contributed by atoms with E-state index in [1.807, 2.05) is 19.0 Å². The van der Waals surface area contributed by atoms with Gasteiger partial charge in [0.05, 0.1) is 35.5 Å². The zero-order valence-electron chi connectivity index (χ0n) is 18.7. The highest BCUT2D eigenvalue weighted by Crippen LogP contribution is 2.39. The Morgan fingerprint density at radius 3 is 2.41 bits per heavy atom. The maximum absolute atomic E-state index is 13.0. The van der Waals surface area contributed by atoms with Crippen molar-refractivity contribution in [2.75, 3.05) is 34.3 Å². The van der Waals surface area contributed by atoms with Crippen LogP contribution in [0.25, 0.3) is 5.76 Å². The van der Waals surface area contributed by atoms with Crippen LogP contribution < -0.4 is 0 Å². The molecule has 1 amide bonds. The van der Waals surface area contributed by atoms with Crippen LogP contribution in [0, 0.1) is 13.8 Å².